The van der Waals surface area contributed by atoms with Crippen LogP contribution in [0.3, 0.4) is 0 Å². The molecule has 2 atom stereocenters. The predicted molar refractivity (Wildman–Crippen MR) is 70.5 cm³/mol. The van der Waals surface area contributed by atoms with E-state index in [4.69, 9.17) is 10.9 Å². The Labute approximate surface area is 108 Å². The smallest absolute Gasteiger partial charge is 0.230 e. The van der Waals surface area contributed by atoms with Gasteiger partial charge in [-0.25, -0.2) is 0 Å². The van der Waals surface area contributed by atoms with Crippen molar-refractivity contribution in [2.24, 2.45) is 16.8 Å². The third kappa shape index (κ3) is 4.52. The van der Waals surface area contributed by atoms with Gasteiger partial charge in [-0.1, -0.05) is 11.6 Å². The molecule has 0 aromatic heterocycles. The van der Waals surface area contributed by atoms with Crippen LogP contribution in [0.15, 0.2) is 5.16 Å². The molecule has 0 aliphatic carbocycles. The Balaban J connectivity index is 2.34. The lowest BCUT2D eigenvalue weighted by atomic mass is 10.1. The summed E-state index contributed by atoms with van der Waals surface area (Å²) in [6.45, 7) is 6.67. The van der Waals surface area contributed by atoms with Gasteiger partial charge in [-0.15, -0.1) is 0 Å². The first kappa shape index (κ1) is 14.8. The average molecular weight is 256 g/mol. The Morgan fingerprint density at radius 3 is 2.56 bits per heavy atom. The maximum atomic E-state index is 11.8. The van der Waals surface area contributed by atoms with Crippen molar-refractivity contribution in [3.8, 4) is 0 Å². The number of nitrogens with zero attached hydrogens (tertiary/aromatic N) is 2. The highest BCUT2D eigenvalue weighted by molar-refractivity contribution is 6.01. The molecule has 0 spiro atoms. The van der Waals surface area contributed by atoms with Crippen LogP contribution in [0, 0.1) is 5.92 Å². The molecule has 0 radical (unpaired) electrons. The van der Waals surface area contributed by atoms with Crippen molar-refractivity contribution in [2.45, 2.75) is 39.2 Å². The van der Waals surface area contributed by atoms with Gasteiger partial charge in [0.25, 0.3) is 0 Å². The molecule has 6 nitrogen and oxygen atoms in total. The van der Waals surface area contributed by atoms with E-state index < -0.39 is 5.92 Å². The number of oxime groups is 1. The zero-order valence-corrected chi connectivity index (χ0v) is 11.2. The fraction of sp³-hybridized carbons (Fsp3) is 0.833. The van der Waals surface area contributed by atoms with Crippen LogP contribution in [0.1, 0.15) is 33.1 Å². The number of hydrogen-bond donors (Lipinski definition) is 3. The fourth-order valence-electron chi connectivity index (χ4n) is 2.16. The molecule has 0 aromatic rings. The van der Waals surface area contributed by atoms with Crippen molar-refractivity contribution in [3.63, 3.8) is 0 Å². The van der Waals surface area contributed by atoms with Crippen molar-refractivity contribution in [3.05, 3.63) is 0 Å². The van der Waals surface area contributed by atoms with Crippen LogP contribution in [0.25, 0.3) is 0 Å². The molecule has 1 amide bonds. The van der Waals surface area contributed by atoms with E-state index in [1.165, 1.54) is 19.3 Å². The lowest BCUT2D eigenvalue weighted by Gasteiger charge is -2.29. The van der Waals surface area contributed by atoms with Crippen molar-refractivity contribution in [2.75, 3.05) is 19.6 Å². The van der Waals surface area contributed by atoms with E-state index in [0.29, 0.717) is 0 Å². The number of piperidine rings is 1. The minimum atomic E-state index is -0.598. The number of amides is 1. The van der Waals surface area contributed by atoms with Gasteiger partial charge in [-0.2, -0.15) is 0 Å². The molecule has 1 saturated heterocycles. The molecule has 0 aromatic carbocycles. The molecule has 0 saturated carbocycles. The first-order chi connectivity index (χ1) is 8.54. The van der Waals surface area contributed by atoms with Crippen molar-refractivity contribution >= 4 is 11.7 Å². The largest absolute Gasteiger partial charge is 0.409 e. The Morgan fingerprint density at radius 1 is 1.39 bits per heavy atom. The molecule has 1 aliphatic heterocycles. The second-order valence-electron chi connectivity index (χ2n) is 5.02. The molecule has 1 fully saturated rings. The van der Waals surface area contributed by atoms with E-state index in [-0.39, 0.29) is 17.8 Å². The zero-order valence-electron chi connectivity index (χ0n) is 11.2. The van der Waals surface area contributed by atoms with Crippen LogP contribution in [0.2, 0.25) is 0 Å². The van der Waals surface area contributed by atoms with Gasteiger partial charge in [-0.3, -0.25) is 4.79 Å². The van der Waals surface area contributed by atoms with Crippen LogP contribution < -0.4 is 11.1 Å². The lowest BCUT2D eigenvalue weighted by Crippen LogP contribution is -2.47. The maximum Gasteiger partial charge on any atom is 0.230 e. The summed E-state index contributed by atoms with van der Waals surface area (Å²) in [4.78, 5) is 14.2. The van der Waals surface area contributed by atoms with Crippen LogP contribution in [-0.2, 0) is 4.79 Å². The van der Waals surface area contributed by atoms with E-state index in [1.807, 2.05) is 6.92 Å². The molecule has 2 unspecified atom stereocenters. The second kappa shape index (κ2) is 7.20. The summed E-state index contributed by atoms with van der Waals surface area (Å²) in [7, 11) is 0. The summed E-state index contributed by atoms with van der Waals surface area (Å²) in [6, 6.07) is 0.0737. The Hall–Kier alpha value is -1.30. The molecule has 1 heterocycles. The summed E-state index contributed by atoms with van der Waals surface area (Å²) < 4.78 is 0. The molecule has 6 heteroatoms. The first-order valence-electron chi connectivity index (χ1n) is 6.54. The first-order valence-corrected chi connectivity index (χ1v) is 6.54. The number of likely N-dealkylation sites (tertiary alicyclic amines) is 1. The van der Waals surface area contributed by atoms with Crippen LogP contribution in [0.5, 0.6) is 0 Å². The summed E-state index contributed by atoms with van der Waals surface area (Å²) in [5, 5.41) is 14.3. The standard InChI is InChI=1S/C12H24N4O2/c1-9(8-16-6-4-3-5-7-16)14-12(17)10(2)11(13)15-18/h9-10,18H,3-8H2,1-2H3,(H2,13,15)(H,14,17). The third-order valence-corrected chi connectivity index (χ3v) is 3.32. The number of carbonyl (C=O) groups is 1. The molecular weight excluding hydrogens is 232 g/mol. The van der Waals surface area contributed by atoms with Gasteiger partial charge in [0.2, 0.25) is 5.91 Å². The zero-order chi connectivity index (χ0) is 13.5. The normalized spacial score (nSPS) is 21.3. The quantitative estimate of drug-likeness (QED) is 0.287. The van der Waals surface area contributed by atoms with E-state index >= 15 is 0 Å². The fourth-order valence-corrected chi connectivity index (χ4v) is 2.16. The van der Waals surface area contributed by atoms with Crippen LogP contribution in [0.4, 0.5) is 0 Å². The molecule has 18 heavy (non-hydrogen) atoms. The second-order valence-corrected chi connectivity index (χ2v) is 5.02. The number of nitrogens with one attached hydrogen (secondary N) is 1. The van der Waals surface area contributed by atoms with Gasteiger partial charge in [0.1, 0.15) is 0 Å². The number of rotatable bonds is 5. The van der Waals surface area contributed by atoms with Gasteiger partial charge in [-0.05, 0) is 39.8 Å². The number of amidine groups is 1. The summed E-state index contributed by atoms with van der Waals surface area (Å²) in [5.74, 6) is -0.855. The Morgan fingerprint density at radius 2 is 2.00 bits per heavy atom. The van der Waals surface area contributed by atoms with Crippen LogP contribution >= 0.6 is 0 Å². The van der Waals surface area contributed by atoms with E-state index in [1.54, 1.807) is 6.92 Å². The third-order valence-electron chi connectivity index (χ3n) is 3.32. The van der Waals surface area contributed by atoms with Gasteiger partial charge in [0.05, 0.1) is 5.92 Å². The topological polar surface area (TPSA) is 91.0 Å². The molecule has 104 valence electrons. The number of hydrogen-bond acceptors (Lipinski definition) is 4. The van der Waals surface area contributed by atoms with Crippen molar-refractivity contribution < 1.29 is 10.0 Å². The monoisotopic (exact) mass is 256 g/mol. The van der Waals surface area contributed by atoms with Gasteiger partial charge < -0.3 is 21.2 Å². The minimum Gasteiger partial charge on any atom is -0.409 e. The van der Waals surface area contributed by atoms with Gasteiger partial charge >= 0.3 is 0 Å². The van der Waals surface area contributed by atoms with Gasteiger partial charge in [0.15, 0.2) is 5.84 Å². The van der Waals surface area contributed by atoms with E-state index in [0.717, 1.165) is 19.6 Å². The summed E-state index contributed by atoms with van der Waals surface area (Å²) >= 11 is 0. The molecule has 0 bridgehead atoms. The minimum absolute atomic E-state index is 0.0577. The summed E-state index contributed by atoms with van der Waals surface area (Å²) in [5.41, 5.74) is 5.41. The molecule has 4 N–H and O–H groups in total. The van der Waals surface area contributed by atoms with E-state index in [2.05, 4.69) is 15.4 Å². The highest BCUT2D eigenvalue weighted by Gasteiger charge is 2.20. The maximum absolute atomic E-state index is 11.8. The van der Waals surface area contributed by atoms with Crippen molar-refractivity contribution in [1.82, 2.24) is 10.2 Å². The Bertz CT molecular complexity index is 300. The predicted octanol–water partition coefficient (Wildman–Crippen LogP) is 0.360. The van der Waals surface area contributed by atoms with Crippen molar-refractivity contribution in [1.29, 1.82) is 0 Å². The van der Waals surface area contributed by atoms with Gasteiger partial charge in [0, 0.05) is 12.6 Å². The Kier molecular flexibility index (Phi) is 5.91. The lowest BCUT2D eigenvalue weighted by molar-refractivity contribution is -0.123. The highest BCUT2D eigenvalue weighted by Crippen LogP contribution is 2.09. The molecule has 1 aliphatic rings. The molecular formula is C12H24N4O2. The molecule has 1 rings (SSSR count). The SMILES string of the molecule is CC(CN1CCCCC1)NC(=O)C(C)/C(N)=N/O. The van der Waals surface area contributed by atoms with E-state index in [9.17, 15) is 4.79 Å². The number of carbonyl (C=O) groups excluding carboxylic acids is 1. The van der Waals surface area contributed by atoms with Crippen LogP contribution in [-0.4, -0.2) is 47.5 Å². The number of nitrogens with two attached hydrogens (primary N) is 1. The highest BCUT2D eigenvalue weighted by atomic mass is 16.4. The summed E-state index contributed by atoms with van der Waals surface area (Å²) in [6.07, 6.45) is 3.78. The average Bonchev–Trinajstić information content (AvgIpc) is 2.37.